The maximum atomic E-state index is 13.5. The fraction of sp³-hybridized carbons (Fsp3) is 0.118. The standard InChI is InChI=1S/C17H12Cl2FN/c1-10(18)14-9-12-5-3-7-15(19)17(12)21-16(14)11-4-2-6-13(20)8-11/h2-10H,1H3. The molecule has 0 aliphatic carbocycles. The van der Waals surface area contributed by atoms with Crippen molar-refractivity contribution in [3.8, 4) is 11.3 Å². The third-order valence-corrected chi connectivity index (χ3v) is 3.89. The van der Waals surface area contributed by atoms with Crippen LogP contribution in [0.2, 0.25) is 5.02 Å². The van der Waals surface area contributed by atoms with Crippen LogP contribution < -0.4 is 0 Å². The maximum Gasteiger partial charge on any atom is 0.123 e. The molecule has 4 heteroatoms. The lowest BCUT2D eigenvalue weighted by Crippen LogP contribution is -1.96. The summed E-state index contributed by atoms with van der Waals surface area (Å²) >= 11 is 12.5. The molecular weight excluding hydrogens is 308 g/mol. The highest BCUT2D eigenvalue weighted by Gasteiger charge is 2.15. The van der Waals surface area contributed by atoms with E-state index in [9.17, 15) is 4.39 Å². The summed E-state index contributed by atoms with van der Waals surface area (Å²) in [6, 6.07) is 13.9. The minimum atomic E-state index is -0.304. The Morgan fingerprint density at radius 1 is 1.10 bits per heavy atom. The van der Waals surface area contributed by atoms with E-state index in [0.29, 0.717) is 21.8 Å². The highest BCUT2D eigenvalue weighted by Crippen LogP contribution is 2.34. The van der Waals surface area contributed by atoms with Crippen LogP contribution in [0, 0.1) is 5.82 Å². The van der Waals surface area contributed by atoms with Gasteiger partial charge in [-0.25, -0.2) is 9.37 Å². The molecule has 0 spiro atoms. The highest BCUT2D eigenvalue weighted by molar-refractivity contribution is 6.35. The summed E-state index contributed by atoms with van der Waals surface area (Å²) in [6.45, 7) is 1.87. The Kier molecular flexibility index (Phi) is 3.83. The van der Waals surface area contributed by atoms with E-state index in [0.717, 1.165) is 10.9 Å². The topological polar surface area (TPSA) is 12.9 Å². The van der Waals surface area contributed by atoms with Crippen molar-refractivity contribution < 1.29 is 4.39 Å². The number of hydrogen-bond donors (Lipinski definition) is 0. The molecule has 1 aromatic heterocycles. The first-order valence-corrected chi connectivity index (χ1v) is 7.37. The van der Waals surface area contributed by atoms with Gasteiger partial charge in [0.05, 0.1) is 21.6 Å². The smallest absolute Gasteiger partial charge is 0.123 e. The van der Waals surface area contributed by atoms with Gasteiger partial charge in [0.25, 0.3) is 0 Å². The van der Waals surface area contributed by atoms with Gasteiger partial charge in [0.15, 0.2) is 0 Å². The van der Waals surface area contributed by atoms with Gasteiger partial charge in [0.2, 0.25) is 0 Å². The lowest BCUT2D eigenvalue weighted by molar-refractivity contribution is 0.628. The van der Waals surface area contributed by atoms with Crippen LogP contribution in [0.4, 0.5) is 4.39 Å². The van der Waals surface area contributed by atoms with E-state index < -0.39 is 0 Å². The molecule has 0 saturated heterocycles. The zero-order valence-corrected chi connectivity index (χ0v) is 12.8. The number of fused-ring (bicyclic) bond motifs is 1. The molecule has 0 bridgehead atoms. The summed E-state index contributed by atoms with van der Waals surface area (Å²) in [4.78, 5) is 4.62. The zero-order valence-electron chi connectivity index (χ0n) is 11.3. The third kappa shape index (κ3) is 2.74. The van der Waals surface area contributed by atoms with Crippen LogP contribution in [-0.2, 0) is 0 Å². The number of hydrogen-bond acceptors (Lipinski definition) is 1. The second-order valence-electron chi connectivity index (χ2n) is 4.86. The van der Waals surface area contributed by atoms with E-state index in [4.69, 9.17) is 23.2 Å². The predicted molar refractivity (Wildman–Crippen MR) is 86.4 cm³/mol. The SMILES string of the molecule is CC(Cl)c1cc2cccc(Cl)c2nc1-c1cccc(F)c1. The molecule has 3 rings (SSSR count). The van der Waals surface area contributed by atoms with Crippen molar-refractivity contribution >= 4 is 34.1 Å². The van der Waals surface area contributed by atoms with Crippen LogP contribution in [0.15, 0.2) is 48.5 Å². The van der Waals surface area contributed by atoms with Crippen molar-refractivity contribution in [2.75, 3.05) is 0 Å². The molecule has 1 atom stereocenters. The first-order chi connectivity index (χ1) is 10.1. The summed E-state index contributed by atoms with van der Waals surface area (Å²) in [5, 5.41) is 1.25. The Balaban J connectivity index is 2.34. The van der Waals surface area contributed by atoms with Crippen molar-refractivity contribution in [1.82, 2.24) is 4.98 Å². The Hall–Kier alpha value is -1.64. The summed E-state index contributed by atoms with van der Waals surface area (Å²) in [7, 11) is 0. The number of nitrogens with zero attached hydrogens (tertiary/aromatic N) is 1. The van der Waals surface area contributed by atoms with Gasteiger partial charge < -0.3 is 0 Å². The first kappa shape index (κ1) is 14.3. The Morgan fingerprint density at radius 2 is 1.86 bits per heavy atom. The predicted octanol–water partition coefficient (Wildman–Crippen LogP) is 5.99. The Bertz CT molecular complexity index is 815. The summed E-state index contributed by atoms with van der Waals surface area (Å²) in [5.41, 5.74) is 2.91. The maximum absolute atomic E-state index is 13.5. The van der Waals surface area contributed by atoms with Crippen LogP contribution in [-0.4, -0.2) is 4.98 Å². The minimum absolute atomic E-state index is 0.237. The number of alkyl halides is 1. The van der Waals surface area contributed by atoms with Crippen molar-refractivity contribution in [3.63, 3.8) is 0 Å². The fourth-order valence-electron chi connectivity index (χ4n) is 2.35. The van der Waals surface area contributed by atoms with Gasteiger partial charge in [-0.1, -0.05) is 35.9 Å². The van der Waals surface area contributed by atoms with Crippen molar-refractivity contribution in [3.05, 3.63) is 64.9 Å². The lowest BCUT2D eigenvalue weighted by atomic mass is 10.0. The van der Waals surface area contributed by atoms with Gasteiger partial charge in [-0.3, -0.25) is 0 Å². The molecule has 0 amide bonds. The molecule has 0 aliphatic rings. The number of rotatable bonds is 2. The second kappa shape index (κ2) is 5.63. The number of aromatic nitrogens is 1. The molecule has 1 nitrogen and oxygen atoms in total. The van der Waals surface area contributed by atoms with E-state index in [-0.39, 0.29) is 11.2 Å². The molecule has 0 aliphatic heterocycles. The lowest BCUT2D eigenvalue weighted by Gasteiger charge is -2.13. The van der Waals surface area contributed by atoms with Gasteiger partial charge in [-0.05, 0) is 36.8 Å². The number of benzene rings is 2. The minimum Gasteiger partial charge on any atom is -0.246 e. The van der Waals surface area contributed by atoms with E-state index in [2.05, 4.69) is 4.98 Å². The molecule has 2 aromatic carbocycles. The molecular formula is C17H12Cl2FN. The molecule has 3 aromatic rings. The molecule has 21 heavy (non-hydrogen) atoms. The highest BCUT2D eigenvalue weighted by atomic mass is 35.5. The number of pyridine rings is 1. The van der Waals surface area contributed by atoms with Crippen molar-refractivity contribution in [2.45, 2.75) is 12.3 Å². The van der Waals surface area contributed by atoms with Crippen LogP contribution in [0.1, 0.15) is 17.9 Å². The average molecular weight is 320 g/mol. The zero-order chi connectivity index (χ0) is 15.0. The Labute approximate surface area is 132 Å². The molecule has 106 valence electrons. The molecule has 0 N–H and O–H groups in total. The van der Waals surface area contributed by atoms with E-state index in [1.165, 1.54) is 12.1 Å². The molecule has 0 radical (unpaired) electrons. The largest absolute Gasteiger partial charge is 0.246 e. The van der Waals surface area contributed by atoms with Crippen LogP contribution in [0.25, 0.3) is 22.2 Å². The van der Waals surface area contributed by atoms with Gasteiger partial charge in [-0.15, -0.1) is 11.6 Å². The van der Waals surface area contributed by atoms with Crippen molar-refractivity contribution in [1.29, 1.82) is 0 Å². The van der Waals surface area contributed by atoms with Crippen LogP contribution in [0.3, 0.4) is 0 Å². The normalized spacial score (nSPS) is 12.6. The summed E-state index contributed by atoms with van der Waals surface area (Å²) < 4.78 is 13.5. The van der Waals surface area contributed by atoms with Gasteiger partial charge in [-0.2, -0.15) is 0 Å². The van der Waals surface area contributed by atoms with Gasteiger partial charge in [0.1, 0.15) is 5.82 Å². The number of para-hydroxylation sites is 1. The van der Waals surface area contributed by atoms with Gasteiger partial charge >= 0.3 is 0 Å². The summed E-state index contributed by atoms with van der Waals surface area (Å²) in [5.74, 6) is -0.304. The van der Waals surface area contributed by atoms with Gasteiger partial charge in [0, 0.05) is 10.9 Å². The monoisotopic (exact) mass is 319 g/mol. The van der Waals surface area contributed by atoms with E-state index in [1.54, 1.807) is 12.1 Å². The number of halogens is 3. The third-order valence-electron chi connectivity index (χ3n) is 3.35. The summed E-state index contributed by atoms with van der Waals surface area (Å²) in [6.07, 6.45) is 0. The van der Waals surface area contributed by atoms with Crippen molar-refractivity contribution in [2.24, 2.45) is 0 Å². The molecule has 0 fully saturated rings. The first-order valence-electron chi connectivity index (χ1n) is 6.55. The van der Waals surface area contributed by atoms with Crippen LogP contribution in [0.5, 0.6) is 0 Å². The second-order valence-corrected chi connectivity index (χ2v) is 5.93. The quantitative estimate of drug-likeness (QED) is 0.528. The molecule has 0 saturated carbocycles. The van der Waals surface area contributed by atoms with Crippen LogP contribution >= 0.6 is 23.2 Å². The van der Waals surface area contributed by atoms with E-state index in [1.807, 2.05) is 31.2 Å². The molecule has 1 heterocycles. The molecule has 1 unspecified atom stereocenters. The fourth-order valence-corrected chi connectivity index (χ4v) is 2.74. The Morgan fingerprint density at radius 3 is 2.57 bits per heavy atom. The average Bonchev–Trinajstić information content (AvgIpc) is 2.46. The van der Waals surface area contributed by atoms with E-state index >= 15 is 0 Å².